The summed E-state index contributed by atoms with van der Waals surface area (Å²) in [5, 5.41) is 3.69. The highest BCUT2D eigenvalue weighted by Crippen LogP contribution is 2.29. The van der Waals surface area contributed by atoms with E-state index in [9.17, 15) is 9.18 Å². The molecule has 6 heteroatoms. The molecule has 2 aromatic rings. The van der Waals surface area contributed by atoms with Crippen molar-refractivity contribution in [1.29, 1.82) is 0 Å². The zero-order chi connectivity index (χ0) is 15.4. The summed E-state index contributed by atoms with van der Waals surface area (Å²) < 4.78 is 18.4. The number of carbonyl (C=O) groups excluding carboxylic acids is 1. The van der Waals surface area contributed by atoms with Gasteiger partial charge in [-0.15, -0.1) is 0 Å². The lowest BCUT2D eigenvalue weighted by atomic mass is 10.1. The average Bonchev–Trinajstić information content (AvgIpc) is 2.46. The molecule has 2 rings (SSSR count). The molecular weight excluding hydrogens is 316 g/mol. The molecule has 0 unspecified atom stereocenters. The molecule has 0 atom stereocenters. The minimum Gasteiger partial charge on any atom is -0.494 e. The second kappa shape index (κ2) is 6.78. The summed E-state index contributed by atoms with van der Waals surface area (Å²) >= 11 is 12.0. The van der Waals surface area contributed by atoms with Crippen LogP contribution in [0.1, 0.15) is 10.4 Å². The Labute approximate surface area is 131 Å². The van der Waals surface area contributed by atoms with Crippen LogP contribution in [0.3, 0.4) is 0 Å². The van der Waals surface area contributed by atoms with Gasteiger partial charge in [0.2, 0.25) is 0 Å². The van der Waals surface area contributed by atoms with Gasteiger partial charge < -0.3 is 10.1 Å². The number of nitrogens with one attached hydrogen (secondary N) is 1. The maximum atomic E-state index is 13.6. The van der Waals surface area contributed by atoms with Crippen molar-refractivity contribution in [3.63, 3.8) is 0 Å². The Bertz CT molecular complexity index is 656. The molecule has 1 N–H and O–H groups in total. The van der Waals surface area contributed by atoms with E-state index in [1.165, 1.54) is 19.2 Å². The molecule has 0 heterocycles. The number of hydrogen-bond donors (Lipinski definition) is 1. The SMILES string of the molecule is COc1ccc(C(=O)CNc2c(Cl)cccc2Cl)cc1F. The molecule has 0 spiro atoms. The van der Waals surface area contributed by atoms with Gasteiger partial charge in [0.1, 0.15) is 0 Å². The van der Waals surface area contributed by atoms with Gasteiger partial charge in [-0.3, -0.25) is 4.79 Å². The molecule has 0 aromatic heterocycles. The number of ether oxygens (including phenoxy) is 1. The molecule has 21 heavy (non-hydrogen) atoms. The van der Waals surface area contributed by atoms with Gasteiger partial charge in [-0.1, -0.05) is 29.3 Å². The van der Waals surface area contributed by atoms with Crippen molar-refractivity contribution >= 4 is 34.7 Å². The summed E-state index contributed by atoms with van der Waals surface area (Å²) in [5.41, 5.74) is 0.715. The van der Waals surface area contributed by atoms with E-state index in [4.69, 9.17) is 27.9 Å². The topological polar surface area (TPSA) is 38.3 Å². The lowest BCUT2D eigenvalue weighted by molar-refractivity contribution is 0.101. The van der Waals surface area contributed by atoms with Gasteiger partial charge in [0.25, 0.3) is 0 Å². The quantitative estimate of drug-likeness (QED) is 0.825. The number of Topliss-reactive ketones (excluding diaryl/α,β-unsaturated/α-hetero) is 1. The normalized spacial score (nSPS) is 10.3. The van der Waals surface area contributed by atoms with Crippen molar-refractivity contribution in [1.82, 2.24) is 0 Å². The van der Waals surface area contributed by atoms with Crippen LogP contribution in [0, 0.1) is 5.82 Å². The number of anilines is 1. The minimum absolute atomic E-state index is 0.0464. The van der Waals surface area contributed by atoms with Gasteiger partial charge in [-0.2, -0.15) is 0 Å². The molecule has 0 aliphatic rings. The maximum Gasteiger partial charge on any atom is 0.181 e. The number of rotatable bonds is 5. The van der Waals surface area contributed by atoms with Crippen LogP contribution in [-0.4, -0.2) is 19.4 Å². The van der Waals surface area contributed by atoms with Crippen LogP contribution in [0.5, 0.6) is 5.75 Å². The Balaban J connectivity index is 2.10. The second-order valence-electron chi connectivity index (χ2n) is 4.22. The summed E-state index contributed by atoms with van der Waals surface area (Å²) in [4.78, 5) is 12.0. The Morgan fingerprint density at radius 3 is 2.48 bits per heavy atom. The highest BCUT2D eigenvalue weighted by atomic mass is 35.5. The number of methoxy groups -OCH3 is 1. The fraction of sp³-hybridized carbons (Fsp3) is 0.133. The van der Waals surface area contributed by atoms with E-state index >= 15 is 0 Å². The summed E-state index contributed by atoms with van der Waals surface area (Å²) in [5.74, 6) is -0.777. The largest absolute Gasteiger partial charge is 0.494 e. The van der Waals surface area contributed by atoms with Crippen LogP contribution >= 0.6 is 23.2 Å². The Morgan fingerprint density at radius 1 is 1.24 bits per heavy atom. The number of carbonyl (C=O) groups is 1. The van der Waals surface area contributed by atoms with E-state index in [1.807, 2.05) is 0 Å². The first-order chi connectivity index (χ1) is 10.0. The zero-order valence-corrected chi connectivity index (χ0v) is 12.6. The molecule has 3 nitrogen and oxygen atoms in total. The van der Waals surface area contributed by atoms with Crippen molar-refractivity contribution in [2.24, 2.45) is 0 Å². The molecule has 0 radical (unpaired) electrons. The smallest absolute Gasteiger partial charge is 0.181 e. The standard InChI is InChI=1S/C15H12Cl2FNO2/c1-21-14-6-5-9(7-12(14)18)13(20)8-19-15-10(16)3-2-4-11(15)17/h2-7,19H,8H2,1H3. The average molecular weight is 328 g/mol. The van der Waals surface area contributed by atoms with Crippen molar-refractivity contribution in [3.8, 4) is 5.75 Å². The lowest BCUT2D eigenvalue weighted by Gasteiger charge is -2.10. The third-order valence-electron chi connectivity index (χ3n) is 2.86. The summed E-state index contributed by atoms with van der Waals surface area (Å²) in [6, 6.07) is 9.07. The molecule has 0 aliphatic carbocycles. The number of hydrogen-bond acceptors (Lipinski definition) is 3. The predicted octanol–water partition coefficient (Wildman–Crippen LogP) is 4.44. The highest BCUT2D eigenvalue weighted by Gasteiger charge is 2.12. The first-order valence-corrected chi connectivity index (χ1v) is 6.83. The van der Waals surface area contributed by atoms with Gasteiger partial charge in [-0.05, 0) is 30.3 Å². The summed E-state index contributed by atoms with van der Waals surface area (Å²) in [6.45, 7) is -0.0464. The number of benzene rings is 2. The minimum atomic E-state index is -0.584. The fourth-order valence-corrected chi connectivity index (χ4v) is 2.31. The molecule has 2 aromatic carbocycles. The first-order valence-electron chi connectivity index (χ1n) is 6.07. The van der Waals surface area contributed by atoms with Crippen LogP contribution in [0.15, 0.2) is 36.4 Å². The van der Waals surface area contributed by atoms with Crippen LogP contribution in [0.2, 0.25) is 10.0 Å². The van der Waals surface area contributed by atoms with Crippen LogP contribution in [-0.2, 0) is 0 Å². The van der Waals surface area contributed by atoms with Gasteiger partial charge in [0.05, 0.1) is 29.4 Å². The molecular formula is C15H12Cl2FNO2. The van der Waals surface area contributed by atoms with Crippen molar-refractivity contribution in [3.05, 3.63) is 57.8 Å². The Hall–Kier alpha value is -1.78. The third kappa shape index (κ3) is 3.65. The van der Waals surface area contributed by atoms with Crippen LogP contribution in [0.25, 0.3) is 0 Å². The molecule has 110 valence electrons. The first kappa shape index (κ1) is 15.6. The zero-order valence-electron chi connectivity index (χ0n) is 11.1. The molecule has 0 saturated carbocycles. The van der Waals surface area contributed by atoms with E-state index in [-0.39, 0.29) is 23.6 Å². The van der Waals surface area contributed by atoms with Gasteiger partial charge in [0.15, 0.2) is 17.3 Å². The highest BCUT2D eigenvalue weighted by molar-refractivity contribution is 6.39. The fourth-order valence-electron chi connectivity index (χ4n) is 1.78. The number of ketones is 1. The van der Waals surface area contributed by atoms with Crippen LogP contribution < -0.4 is 10.1 Å². The van der Waals surface area contributed by atoms with E-state index in [2.05, 4.69) is 5.32 Å². The monoisotopic (exact) mass is 327 g/mol. The third-order valence-corrected chi connectivity index (χ3v) is 3.49. The molecule has 0 bridgehead atoms. The van der Waals surface area contributed by atoms with Gasteiger partial charge in [-0.25, -0.2) is 4.39 Å². The molecule has 0 aliphatic heterocycles. The molecule has 0 amide bonds. The Kier molecular flexibility index (Phi) is 5.04. The Morgan fingerprint density at radius 2 is 1.90 bits per heavy atom. The molecule has 0 saturated heterocycles. The molecule has 0 fully saturated rings. The summed E-state index contributed by atoms with van der Waals surface area (Å²) in [7, 11) is 1.36. The van der Waals surface area contributed by atoms with Crippen molar-refractivity contribution in [2.45, 2.75) is 0 Å². The van der Waals surface area contributed by atoms with Gasteiger partial charge >= 0.3 is 0 Å². The summed E-state index contributed by atoms with van der Waals surface area (Å²) in [6.07, 6.45) is 0. The second-order valence-corrected chi connectivity index (χ2v) is 5.04. The van der Waals surface area contributed by atoms with E-state index in [1.54, 1.807) is 18.2 Å². The van der Waals surface area contributed by atoms with E-state index in [0.29, 0.717) is 15.7 Å². The number of halogens is 3. The predicted molar refractivity (Wildman–Crippen MR) is 82.2 cm³/mol. The lowest BCUT2D eigenvalue weighted by Crippen LogP contribution is -2.14. The maximum absolute atomic E-state index is 13.6. The van der Waals surface area contributed by atoms with Crippen molar-refractivity contribution < 1.29 is 13.9 Å². The van der Waals surface area contributed by atoms with Crippen molar-refractivity contribution in [2.75, 3.05) is 19.0 Å². The van der Waals surface area contributed by atoms with E-state index < -0.39 is 5.82 Å². The van der Waals surface area contributed by atoms with E-state index in [0.717, 1.165) is 6.07 Å². The number of para-hydroxylation sites is 1. The van der Waals surface area contributed by atoms with Gasteiger partial charge in [0, 0.05) is 5.56 Å². The van der Waals surface area contributed by atoms with Crippen LogP contribution in [0.4, 0.5) is 10.1 Å².